The molecule has 0 saturated carbocycles. The molecule has 1 aromatic heterocycles. The van der Waals surface area contributed by atoms with E-state index in [0.29, 0.717) is 13.2 Å². The first kappa shape index (κ1) is 14.0. The van der Waals surface area contributed by atoms with Crippen LogP contribution in [0.15, 0.2) is 6.20 Å². The molecular formula is C13H22N4O2. The minimum absolute atomic E-state index is 0.0693. The molecule has 1 aliphatic rings. The van der Waals surface area contributed by atoms with E-state index in [-0.39, 0.29) is 5.91 Å². The van der Waals surface area contributed by atoms with Crippen molar-refractivity contribution in [1.82, 2.24) is 20.0 Å². The predicted octanol–water partition coefficient (Wildman–Crippen LogP) is 0.0654. The van der Waals surface area contributed by atoms with Crippen molar-refractivity contribution in [2.24, 2.45) is 7.05 Å². The van der Waals surface area contributed by atoms with Crippen molar-refractivity contribution in [1.29, 1.82) is 0 Å². The fourth-order valence-corrected chi connectivity index (χ4v) is 2.43. The van der Waals surface area contributed by atoms with Gasteiger partial charge in [0.1, 0.15) is 0 Å². The second-order valence-corrected chi connectivity index (χ2v) is 5.25. The van der Waals surface area contributed by atoms with Crippen molar-refractivity contribution in [2.45, 2.75) is 26.0 Å². The first-order chi connectivity index (χ1) is 8.96. The highest BCUT2D eigenvalue weighted by Crippen LogP contribution is 2.20. The Hall–Kier alpha value is -1.40. The number of rotatable bonds is 3. The van der Waals surface area contributed by atoms with Crippen molar-refractivity contribution >= 4 is 5.91 Å². The van der Waals surface area contributed by atoms with Crippen LogP contribution in [-0.4, -0.2) is 52.9 Å². The summed E-state index contributed by atoms with van der Waals surface area (Å²) in [5.74, 6) is -0.0693. The number of ether oxygens (including phenoxy) is 1. The van der Waals surface area contributed by atoms with E-state index in [1.165, 1.54) is 5.56 Å². The molecule has 0 aliphatic carbocycles. The van der Waals surface area contributed by atoms with Crippen LogP contribution in [0, 0.1) is 6.92 Å². The Labute approximate surface area is 113 Å². The van der Waals surface area contributed by atoms with Gasteiger partial charge >= 0.3 is 0 Å². The molecule has 0 unspecified atom stereocenters. The molecule has 1 atom stereocenters. The van der Waals surface area contributed by atoms with Crippen LogP contribution in [0.4, 0.5) is 0 Å². The molecule has 1 amide bonds. The van der Waals surface area contributed by atoms with Crippen molar-refractivity contribution in [3.8, 4) is 0 Å². The van der Waals surface area contributed by atoms with Crippen molar-refractivity contribution in [3.63, 3.8) is 0 Å². The Kier molecular flexibility index (Phi) is 3.91. The first-order valence-corrected chi connectivity index (χ1v) is 6.52. The fraction of sp³-hybridized carbons (Fsp3) is 0.692. The highest BCUT2D eigenvalue weighted by molar-refractivity contribution is 5.84. The molecule has 1 N–H and O–H groups in total. The molecule has 106 valence electrons. The van der Waals surface area contributed by atoms with Gasteiger partial charge in [0, 0.05) is 45.0 Å². The van der Waals surface area contributed by atoms with Gasteiger partial charge in [-0.1, -0.05) is 0 Å². The van der Waals surface area contributed by atoms with Gasteiger partial charge in [0.25, 0.3) is 5.91 Å². The second kappa shape index (κ2) is 5.30. The SMILES string of the molecule is CNC(=O)[C@@]1(C)CN(Cc2cnn(C)c2C)CCO1. The van der Waals surface area contributed by atoms with E-state index >= 15 is 0 Å². The standard InChI is InChI=1S/C13H22N4O2/c1-10-11(7-15-16(10)4)8-17-5-6-19-13(2,9-17)12(18)14-3/h7H,5-6,8-9H2,1-4H3,(H,14,18)/t13-/m1/s1. The molecule has 1 aliphatic heterocycles. The summed E-state index contributed by atoms with van der Waals surface area (Å²) in [7, 11) is 3.58. The van der Waals surface area contributed by atoms with Crippen LogP contribution in [-0.2, 0) is 23.1 Å². The van der Waals surface area contributed by atoms with Crippen LogP contribution in [0.1, 0.15) is 18.2 Å². The molecule has 2 rings (SSSR count). The van der Waals surface area contributed by atoms with Gasteiger partial charge in [-0.25, -0.2) is 0 Å². The average molecular weight is 266 g/mol. The van der Waals surface area contributed by atoms with Crippen molar-refractivity contribution in [2.75, 3.05) is 26.7 Å². The Morgan fingerprint density at radius 2 is 2.37 bits per heavy atom. The third-order valence-corrected chi connectivity index (χ3v) is 3.79. The van der Waals surface area contributed by atoms with E-state index in [9.17, 15) is 4.79 Å². The number of hydrogen-bond acceptors (Lipinski definition) is 4. The molecule has 6 heteroatoms. The van der Waals surface area contributed by atoms with E-state index < -0.39 is 5.60 Å². The topological polar surface area (TPSA) is 59.4 Å². The minimum atomic E-state index is -0.761. The lowest BCUT2D eigenvalue weighted by molar-refractivity contribution is -0.156. The number of likely N-dealkylation sites (N-methyl/N-ethyl adjacent to an activating group) is 1. The van der Waals surface area contributed by atoms with Crippen molar-refractivity contribution < 1.29 is 9.53 Å². The van der Waals surface area contributed by atoms with E-state index in [1.54, 1.807) is 7.05 Å². The number of nitrogens with zero attached hydrogens (tertiary/aromatic N) is 3. The summed E-state index contributed by atoms with van der Waals surface area (Å²) < 4.78 is 7.52. The van der Waals surface area contributed by atoms with E-state index in [1.807, 2.05) is 24.9 Å². The Balaban J connectivity index is 2.06. The summed E-state index contributed by atoms with van der Waals surface area (Å²) in [5.41, 5.74) is 1.60. The number of morpholine rings is 1. The third kappa shape index (κ3) is 2.79. The lowest BCUT2D eigenvalue weighted by Gasteiger charge is -2.39. The molecule has 0 aromatic carbocycles. The summed E-state index contributed by atoms with van der Waals surface area (Å²) in [6.45, 7) is 6.70. The molecule has 0 bridgehead atoms. The Morgan fingerprint density at radius 3 is 2.95 bits per heavy atom. The number of carbonyl (C=O) groups is 1. The average Bonchev–Trinajstić information content (AvgIpc) is 2.70. The number of nitrogens with one attached hydrogen (secondary N) is 1. The molecular weight excluding hydrogens is 244 g/mol. The minimum Gasteiger partial charge on any atom is -0.363 e. The lowest BCUT2D eigenvalue weighted by Crippen LogP contribution is -2.57. The van der Waals surface area contributed by atoms with Gasteiger partial charge in [-0.3, -0.25) is 14.4 Å². The van der Waals surface area contributed by atoms with Crippen LogP contribution in [0.2, 0.25) is 0 Å². The van der Waals surface area contributed by atoms with Crippen LogP contribution in [0.25, 0.3) is 0 Å². The van der Waals surface area contributed by atoms with Gasteiger partial charge in [-0.2, -0.15) is 5.10 Å². The quantitative estimate of drug-likeness (QED) is 0.841. The maximum Gasteiger partial charge on any atom is 0.253 e. The lowest BCUT2D eigenvalue weighted by atomic mass is 10.0. The fourth-order valence-electron chi connectivity index (χ4n) is 2.43. The maximum atomic E-state index is 11.9. The second-order valence-electron chi connectivity index (χ2n) is 5.25. The monoisotopic (exact) mass is 266 g/mol. The summed E-state index contributed by atoms with van der Waals surface area (Å²) >= 11 is 0. The van der Waals surface area contributed by atoms with E-state index in [2.05, 4.69) is 22.2 Å². The number of carbonyl (C=O) groups excluding carboxylic acids is 1. The van der Waals surface area contributed by atoms with Gasteiger partial charge in [0.05, 0.1) is 12.8 Å². The van der Waals surface area contributed by atoms with E-state index in [4.69, 9.17) is 4.74 Å². The van der Waals surface area contributed by atoms with Crippen LogP contribution in [0.5, 0.6) is 0 Å². The van der Waals surface area contributed by atoms with Gasteiger partial charge in [0.2, 0.25) is 0 Å². The molecule has 1 saturated heterocycles. The number of aromatic nitrogens is 2. The molecule has 19 heavy (non-hydrogen) atoms. The van der Waals surface area contributed by atoms with Crippen LogP contribution < -0.4 is 5.32 Å². The van der Waals surface area contributed by atoms with Crippen LogP contribution >= 0.6 is 0 Å². The molecule has 1 fully saturated rings. The smallest absolute Gasteiger partial charge is 0.253 e. The third-order valence-electron chi connectivity index (χ3n) is 3.79. The first-order valence-electron chi connectivity index (χ1n) is 6.52. The van der Waals surface area contributed by atoms with Gasteiger partial charge in [-0.15, -0.1) is 0 Å². The normalized spacial score (nSPS) is 24.4. The molecule has 0 radical (unpaired) electrons. The number of amides is 1. The van der Waals surface area contributed by atoms with Gasteiger partial charge < -0.3 is 10.1 Å². The largest absolute Gasteiger partial charge is 0.363 e. The number of aryl methyl sites for hydroxylation is 1. The zero-order valence-corrected chi connectivity index (χ0v) is 12.1. The Morgan fingerprint density at radius 1 is 1.63 bits per heavy atom. The molecule has 1 aromatic rings. The Bertz CT molecular complexity index is 471. The highest BCUT2D eigenvalue weighted by atomic mass is 16.5. The predicted molar refractivity (Wildman–Crippen MR) is 71.6 cm³/mol. The van der Waals surface area contributed by atoms with Crippen LogP contribution in [0.3, 0.4) is 0 Å². The zero-order chi connectivity index (χ0) is 14.0. The van der Waals surface area contributed by atoms with Gasteiger partial charge in [0.15, 0.2) is 5.60 Å². The molecule has 2 heterocycles. The highest BCUT2D eigenvalue weighted by Gasteiger charge is 2.38. The number of hydrogen-bond donors (Lipinski definition) is 1. The molecule has 0 spiro atoms. The van der Waals surface area contributed by atoms with Gasteiger partial charge in [-0.05, 0) is 13.8 Å². The summed E-state index contributed by atoms with van der Waals surface area (Å²) in [5, 5.41) is 6.92. The summed E-state index contributed by atoms with van der Waals surface area (Å²) in [6, 6.07) is 0. The molecule has 6 nitrogen and oxygen atoms in total. The maximum absolute atomic E-state index is 11.9. The summed E-state index contributed by atoms with van der Waals surface area (Å²) in [4.78, 5) is 14.1. The zero-order valence-electron chi connectivity index (χ0n) is 12.1. The van der Waals surface area contributed by atoms with E-state index in [0.717, 1.165) is 18.8 Å². The van der Waals surface area contributed by atoms with Crippen molar-refractivity contribution in [3.05, 3.63) is 17.5 Å². The summed E-state index contributed by atoms with van der Waals surface area (Å²) in [6.07, 6.45) is 1.89.